The van der Waals surface area contributed by atoms with Crippen LogP contribution in [-0.4, -0.2) is 17.9 Å². The lowest BCUT2D eigenvalue weighted by molar-refractivity contribution is -0.156. The molecule has 6 atom stereocenters. The van der Waals surface area contributed by atoms with E-state index in [1.54, 1.807) is 6.92 Å². The average molecular weight is 316 g/mol. The summed E-state index contributed by atoms with van der Waals surface area (Å²) in [4.78, 5) is 23.2. The van der Waals surface area contributed by atoms with Gasteiger partial charge in [-0.1, -0.05) is 12.5 Å². The Bertz CT molecular complexity index is 563. The molecule has 3 fully saturated rings. The van der Waals surface area contributed by atoms with Gasteiger partial charge in [-0.2, -0.15) is 0 Å². The Morgan fingerprint density at radius 2 is 1.96 bits per heavy atom. The summed E-state index contributed by atoms with van der Waals surface area (Å²) < 4.78 is 5.69. The van der Waals surface area contributed by atoms with Crippen molar-refractivity contribution in [3.8, 4) is 0 Å². The summed E-state index contributed by atoms with van der Waals surface area (Å²) in [6.07, 6.45) is 10.9. The first-order valence-electron chi connectivity index (χ1n) is 9.39. The number of hydrogen-bond donors (Lipinski definition) is 0. The molecule has 4 aliphatic rings. The van der Waals surface area contributed by atoms with Crippen LogP contribution in [0.2, 0.25) is 0 Å². The van der Waals surface area contributed by atoms with Crippen molar-refractivity contribution >= 4 is 11.8 Å². The second-order valence-electron chi connectivity index (χ2n) is 8.52. The third-order valence-corrected chi connectivity index (χ3v) is 7.52. The van der Waals surface area contributed by atoms with E-state index < -0.39 is 0 Å². The average Bonchev–Trinajstić information content (AvgIpc) is 2.83. The third kappa shape index (κ3) is 2.38. The van der Waals surface area contributed by atoms with Gasteiger partial charge in [0.25, 0.3) is 0 Å². The SMILES string of the molecule is CC(=O)O[C@@H]1CC[C@@H]2[C@@H]3CCC4=CC(=O)CC[C@@H]4[C@H]3CC[C@]21C. The predicted octanol–water partition coefficient (Wildman–Crippen LogP) is 4.06. The van der Waals surface area contributed by atoms with E-state index in [-0.39, 0.29) is 17.5 Å². The van der Waals surface area contributed by atoms with Gasteiger partial charge in [-0.15, -0.1) is 0 Å². The van der Waals surface area contributed by atoms with Crippen LogP contribution in [0.4, 0.5) is 0 Å². The molecule has 0 bridgehead atoms. The summed E-state index contributed by atoms with van der Waals surface area (Å²) >= 11 is 0. The fourth-order valence-electron chi connectivity index (χ4n) is 6.53. The lowest BCUT2D eigenvalue weighted by Gasteiger charge is -2.53. The molecule has 0 aromatic heterocycles. The van der Waals surface area contributed by atoms with Gasteiger partial charge in [-0.3, -0.25) is 9.59 Å². The summed E-state index contributed by atoms with van der Waals surface area (Å²) in [7, 11) is 0. The van der Waals surface area contributed by atoms with Crippen molar-refractivity contribution in [1.29, 1.82) is 0 Å². The first-order valence-corrected chi connectivity index (χ1v) is 9.39. The molecule has 0 N–H and O–H groups in total. The Kier molecular flexibility index (Phi) is 3.66. The van der Waals surface area contributed by atoms with Gasteiger partial charge < -0.3 is 4.74 Å². The van der Waals surface area contributed by atoms with Crippen LogP contribution in [0, 0.1) is 29.1 Å². The molecule has 0 aromatic rings. The smallest absolute Gasteiger partial charge is 0.302 e. The van der Waals surface area contributed by atoms with Gasteiger partial charge in [0.05, 0.1) is 0 Å². The minimum atomic E-state index is -0.126. The normalized spacial score (nSPS) is 45.6. The molecule has 4 aliphatic carbocycles. The molecule has 3 heteroatoms. The van der Waals surface area contributed by atoms with E-state index in [1.807, 2.05) is 6.08 Å². The number of allylic oxidation sites excluding steroid dienone is 1. The first kappa shape index (κ1) is 15.4. The summed E-state index contributed by atoms with van der Waals surface area (Å²) in [5.74, 6) is 3.10. The fraction of sp³-hybridized carbons (Fsp3) is 0.800. The lowest BCUT2D eigenvalue weighted by Crippen LogP contribution is -2.48. The van der Waals surface area contributed by atoms with Crippen molar-refractivity contribution in [3.05, 3.63) is 11.6 Å². The van der Waals surface area contributed by atoms with E-state index in [0.717, 1.165) is 37.5 Å². The Morgan fingerprint density at radius 3 is 2.74 bits per heavy atom. The Labute approximate surface area is 138 Å². The van der Waals surface area contributed by atoms with Gasteiger partial charge in [0, 0.05) is 18.8 Å². The third-order valence-electron chi connectivity index (χ3n) is 7.52. The summed E-state index contributed by atoms with van der Waals surface area (Å²) in [6, 6.07) is 0. The molecule has 0 spiro atoms. The number of esters is 1. The quantitative estimate of drug-likeness (QED) is 0.685. The van der Waals surface area contributed by atoms with E-state index in [0.29, 0.717) is 17.6 Å². The minimum absolute atomic E-state index is 0.121. The molecule has 3 nitrogen and oxygen atoms in total. The highest BCUT2D eigenvalue weighted by molar-refractivity contribution is 5.91. The molecule has 3 saturated carbocycles. The van der Waals surface area contributed by atoms with Crippen LogP contribution in [-0.2, 0) is 14.3 Å². The van der Waals surface area contributed by atoms with Crippen molar-refractivity contribution in [2.45, 2.75) is 71.3 Å². The van der Waals surface area contributed by atoms with Crippen LogP contribution >= 0.6 is 0 Å². The molecule has 0 radical (unpaired) electrons. The maximum atomic E-state index is 11.7. The van der Waals surface area contributed by atoms with Gasteiger partial charge >= 0.3 is 5.97 Å². The van der Waals surface area contributed by atoms with Crippen molar-refractivity contribution in [2.75, 3.05) is 0 Å². The number of carbonyl (C=O) groups is 2. The first-order chi connectivity index (χ1) is 11.0. The second-order valence-corrected chi connectivity index (χ2v) is 8.52. The second kappa shape index (κ2) is 5.46. The van der Waals surface area contributed by atoms with Gasteiger partial charge in [0.2, 0.25) is 0 Å². The van der Waals surface area contributed by atoms with Crippen LogP contribution in [0.1, 0.15) is 65.2 Å². The molecule has 0 saturated heterocycles. The number of ketones is 1. The molecule has 0 amide bonds. The molecular formula is C20H28O3. The zero-order chi connectivity index (χ0) is 16.2. The molecule has 0 heterocycles. The van der Waals surface area contributed by atoms with Crippen LogP contribution in [0.15, 0.2) is 11.6 Å². The van der Waals surface area contributed by atoms with E-state index in [4.69, 9.17) is 4.74 Å². The Morgan fingerprint density at radius 1 is 1.13 bits per heavy atom. The van der Waals surface area contributed by atoms with E-state index in [2.05, 4.69) is 6.92 Å². The van der Waals surface area contributed by atoms with Crippen LogP contribution in [0.25, 0.3) is 0 Å². The number of rotatable bonds is 1. The molecule has 126 valence electrons. The van der Waals surface area contributed by atoms with Crippen LogP contribution in [0.3, 0.4) is 0 Å². The van der Waals surface area contributed by atoms with E-state index in [1.165, 1.54) is 31.3 Å². The van der Waals surface area contributed by atoms with Gasteiger partial charge in [0.1, 0.15) is 6.10 Å². The molecule has 23 heavy (non-hydrogen) atoms. The number of ether oxygens (including phenoxy) is 1. The standard InChI is InChI=1S/C20H28O3/c1-12(21)23-19-8-7-18-17-5-3-13-11-14(22)4-6-15(13)16(17)9-10-20(18,19)2/h11,15-19H,3-10H2,1-2H3/t15-,16+,17+,18+,19+,20+/m0/s1. The topological polar surface area (TPSA) is 43.4 Å². The van der Waals surface area contributed by atoms with Gasteiger partial charge in [-0.05, 0) is 74.7 Å². The molecule has 0 unspecified atom stereocenters. The largest absolute Gasteiger partial charge is 0.462 e. The van der Waals surface area contributed by atoms with Crippen LogP contribution in [0.5, 0.6) is 0 Å². The lowest BCUT2D eigenvalue weighted by atomic mass is 9.52. The van der Waals surface area contributed by atoms with Crippen molar-refractivity contribution in [3.63, 3.8) is 0 Å². The zero-order valence-electron chi connectivity index (χ0n) is 14.3. The predicted molar refractivity (Wildman–Crippen MR) is 87.6 cm³/mol. The maximum absolute atomic E-state index is 11.7. The monoisotopic (exact) mass is 316 g/mol. The Hall–Kier alpha value is -1.12. The van der Waals surface area contributed by atoms with Gasteiger partial charge in [0.15, 0.2) is 5.78 Å². The molecule has 4 rings (SSSR count). The number of hydrogen-bond acceptors (Lipinski definition) is 3. The van der Waals surface area contributed by atoms with E-state index in [9.17, 15) is 9.59 Å². The highest BCUT2D eigenvalue weighted by atomic mass is 16.5. The molecular weight excluding hydrogens is 288 g/mol. The van der Waals surface area contributed by atoms with Crippen molar-refractivity contribution in [1.82, 2.24) is 0 Å². The molecule has 0 aromatic carbocycles. The van der Waals surface area contributed by atoms with E-state index >= 15 is 0 Å². The summed E-state index contributed by atoms with van der Waals surface area (Å²) in [5.41, 5.74) is 1.62. The zero-order valence-corrected chi connectivity index (χ0v) is 14.3. The highest BCUT2D eigenvalue weighted by Crippen LogP contribution is 2.62. The number of fused-ring (bicyclic) bond motifs is 5. The minimum Gasteiger partial charge on any atom is -0.462 e. The summed E-state index contributed by atoms with van der Waals surface area (Å²) in [5, 5.41) is 0. The van der Waals surface area contributed by atoms with Gasteiger partial charge in [-0.25, -0.2) is 0 Å². The highest BCUT2D eigenvalue weighted by Gasteiger charge is 2.57. The number of carbonyl (C=O) groups excluding carboxylic acids is 2. The molecule has 0 aliphatic heterocycles. The van der Waals surface area contributed by atoms with Crippen molar-refractivity contribution < 1.29 is 14.3 Å². The fourth-order valence-corrected chi connectivity index (χ4v) is 6.53. The maximum Gasteiger partial charge on any atom is 0.302 e. The van der Waals surface area contributed by atoms with Crippen molar-refractivity contribution in [2.24, 2.45) is 29.1 Å². The summed E-state index contributed by atoms with van der Waals surface area (Å²) in [6.45, 7) is 3.91. The van der Waals surface area contributed by atoms with Crippen LogP contribution < -0.4 is 0 Å². The Balaban J connectivity index is 1.57.